The first-order valence-electron chi connectivity index (χ1n) is 19.0. The molecule has 1 saturated heterocycles. The second kappa shape index (κ2) is 18.7. The van der Waals surface area contributed by atoms with Crippen molar-refractivity contribution >= 4 is 35.1 Å². The van der Waals surface area contributed by atoms with E-state index < -0.39 is 5.97 Å². The number of carbonyl (C=O) groups is 2. The lowest BCUT2D eigenvalue weighted by molar-refractivity contribution is -0.143. The van der Waals surface area contributed by atoms with Gasteiger partial charge in [-0.3, -0.25) is 9.59 Å². The van der Waals surface area contributed by atoms with Crippen LogP contribution < -0.4 is 19.5 Å². The van der Waals surface area contributed by atoms with Gasteiger partial charge in [0.1, 0.15) is 24.7 Å². The van der Waals surface area contributed by atoms with Crippen molar-refractivity contribution in [3.8, 4) is 17.2 Å². The van der Waals surface area contributed by atoms with E-state index in [9.17, 15) is 14.7 Å². The van der Waals surface area contributed by atoms with Crippen molar-refractivity contribution in [3.05, 3.63) is 86.9 Å². The van der Waals surface area contributed by atoms with E-state index in [4.69, 9.17) is 42.1 Å². The zero-order chi connectivity index (χ0) is 37.3. The number of rotatable bonds is 17. The molecule has 3 aromatic carbocycles. The summed E-state index contributed by atoms with van der Waals surface area (Å²) in [6, 6.07) is 18.4. The number of nitrogens with one attached hydrogen (secondary N) is 1. The fraction of sp³-hybridized carbons (Fsp3) is 0.524. The second-order valence-corrected chi connectivity index (χ2v) is 15.6. The third kappa shape index (κ3) is 10.8. The number of carboxylic acid groups (broad SMARTS) is 1. The van der Waals surface area contributed by atoms with Gasteiger partial charge in [0.15, 0.2) is 5.75 Å². The number of aliphatic carboxylic acids is 1. The summed E-state index contributed by atoms with van der Waals surface area (Å²) in [7, 11) is 1.71. The van der Waals surface area contributed by atoms with Gasteiger partial charge in [0.05, 0.1) is 28.0 Å². The lowest BCUT2D eigenvalue weighted by Gasteiger charge is -2.36. The van der Waals surface area contributed by atoms with Crippen molar-refractivity contribution in [2.24, 2.45) is 11.8 Å². The van der Waals surface area contributed by atoms with E-state index in [0.29, 0.717) is 61.5 Å². The highest BCUT2D eigenvalue weighted by atomic mass is 35.5. The van der Waals surface area contributed by atoms with Crippen molar-refractivity contribution < 1.29 is 33.6 Å². The van der Waals surface area contributed by atoms with Gasteiger partial charge in [0.25, 0.3) is 0 Å². The lowest BCUT2D eigenvalue weighted by atomic mass is 9.80. The van der Waals surface area contributed by atoms with Gasteiger partial charge in [-0.25, -0.2) is 0 Å². The van der Waals surface area contributed by atoms with Gasteiger partial charge in [0.2, 0.25) is 5.91 Å². The van der Waals surface area contributed by atoms with Crippen LogP contribution in [0.5, 0.6) is 17.2 Å². The second-order valence-electron chi connectivity index (χ2n) is 14.7. The Bertz CT molecular complexity index is 1670. The Hall–Kier alpha value is -3.50. The lowest BCUT2D eigenvalue weighted by Crippen LogP contribution is -2.47. The fourth-order valence-corrected chi connectivity index (χ4v) is 8.42. The Morgan fingerprint density at radius 1 is 0.849 bits per heavy atom. The number of hydrogen-bond donors (Lipinski definition) is 2. The molecule has 0 bridgehead atoms. The number of hydrogen-bond acceptors (Lipinski definition) is 7. The molecule has 53 heavy (non-hydrogen) atoms. The van der Waals surface area contributed by atoms with E-state index in [1.807, 2.05) is 31.2 Å². The minimum Gasteiger partial charge on any atom is -0.490 e. The maximum Gasteiger partial charge on any atom is 0.306 e. The molecule has 0 aromatic heterocycles. The summed E-state index contributed by atoms with van der Waals surface area (Å²) < 4.78 is 23.6. The molecule has 2 N–H and O–H groups in total. The molecule has 3 aliphatic rings. The van der Waals surface area contributed by atoms with Crippen LogP contribution in [0, 0.1) is 18.8 Å². The Morgan fingerprint density at radius 3 is 2.23 bits per heavy atom. The zero-order valence-electron chi connectivity index (χ0n) is 30.8. The number of aryl methyl sites for hydroxylation is 2. The third-order valence-electron chi connectivity index (χ3n) is 10.6. The summed E-state index contributed by atoms with van der Waals surface area (Å²) in [6.07, 6.45) is 7.33. The summed E-state index contributed by atoms with van der Waals surface area (Å²) in [5.41, 5.74) is 4.32. The average Bonchev–Trinajstić information content (AvgIpc) is 3.99. The predicted octanol–water partition coefficient (Wildman–Crippen LogP) is 8.25. The van der Waals surface area contributed by atoms with Gasteiger partial charge >= 0.3 is 5.97 Å². The molecule has 286 valence electrons. The number of halogens is 2. The van der Waals surface area contributed by atoms with Crippen LogP contribution in [-0.2, 0) is 27.3 Å². The molecular formula is C42H52Cl2N2O7. The first-order valence-corrected chi connectivity index (χ1v) is 19.8. The Labute approximate surface area is 323 Å². The Kier molecular flexibility index (Phi) is 13.8. The molecule has 2 atom stereocenters. The van der Waals surface area contributed by atoms with Gasteiger partial charge in [-0.15, -0.1) is 0 Å². The van der Waals surface area contributed by atoms with Crippen molar-refractivity contribution in [2.75, 3.05) is 40.0 Å². The van der Waals surface area contributed by atoms with E-state index in [1.54, 1.807) is 7.11 Å². The number of benzene rings is 3. The van der Waals surface area contributed by atoms with Crippen LogP contribution in [0.2, 0.25) is 10.0 Å². The van der Waals surface area contributed by atoms with Crippen molar-refractivity contribution in [1.29, 1.82) is 0 Å². The summed E-state index contributed by atoms with van der Waals surface area (Å²) >= 11 is 12.6. The highest BCUT2D eigenvalue weighted by Crippen LogP contribution is 2.38. The zero-order valence-corrected chi connectivity index (χ0v) is 32.3. The van der Waals surface area contributed by atoms with E-state index in [-0.39, 0.29) is 35.8 Å². The smallest absolute Gasteiger partial charge is 0.306 e. The van der Waals surface area contributed by atoms with Gasteiger partial charge in [0, 0.05) is 32.8 Å². The molecule has 0 unspecified atom stereocenters. The maximum atomic E-state index is 14.5. The van der Waals surface area contributed by atoms with Crippen LogP contribution in [0.25, 0.3) is 0 Å². The number of ether oxygens (including phenoxy) is 4. The Balaban J connectivity index is 1.10. The molecule has 2 aliphatic carbocycles. The van der Waals surface area contributed by atoms with Gasteiger partial charge in [-0.05, 0) is 136 Å². The third-order valence-corrected chi connectivity index (χ3v) is 11.2. The summed E-state index contributed by atoms with van der Waals surface area (Å²) in [6.45, 7) is 5.24. The molecule has 0 spiro atoms. The van der Waals surface area contributed by atoms with Crippen molar-refractivity contribution in [1.82, 2.24) is 10.2 Å². The SMILES string of the molecule is COCCCc1cc(CN(C(=O)[C@H]2CNCC[C@@H]2c2ccc(OCCOc3c(Cl)cc(C)cc3Cl)cc2)C2CC2)cc(OC2CCC(C(=O)O)CC2)c1. The molecule has 1 amide bonds. The molecular weight excluding hydrogens is 715 g/mol. The monoisotopic (exact) mass is 766 g/mol. The Morgan fingerprint density at radius 2 is 1.55 bits per heavy atom. The van der Waals surface area contributed by atoms with Crippen molar-refractivity contribution in [2.45, 2.75) is 89.3 Å². The summed E-state index contributed by atoms with van der Waals surface area (Å²) in [5.74, 6) is 1.08. The standard InChI is InChI=1S/C42H52Cl2N2O7/c1-27-20-38(43)40(39(44)21-27)52-19-18-51-33-11-5-30(6-12-33)36-15-16-45-25-37(36)41(47)46(32-9-10-32)26-29-22-28(4-3-17-50-2)23-35(24-29)53-34-13-7-31(8-14-34)42(48)49/h5-6,11-12,20-24,31-32,34,36-37,45H,3-4,7-10,13-19,25-26H2,1-2H3,(H,48,49)/t31?,34?,36-,37+/m1/s1. The molecule has 2 saturated carbocycles. The number of piperidine rings is 1. The van der Waals surface area contributed by atoms with Crippen LogP contribution in [0.4, 0.5) is 0 Å². The van der Waals surface area contributed by atoms with Crippen LogP contribution >= 0.6 is 23.2 Å². The molecule has 6 rings (SSSR count). The molecule has 9 nitrogen and oxygen atoms in total. The summed E-state index contributed by atoms with van der Waals surface area (Å²) in [5, 5.41) is 13.9. The van der Waals surface area contributed by atoms with Crippen LogP contribution in [0.3, 0.4) is 0 Å². The molecule has 0 radical (unpaired) electrons. The average molecular weight is 768 g/mol. The molecule has 3 aromatic rings. The minimum absolute atomic E-state index is 0.00935. The summed E-state index contributed by atoms with van der Waals surface area (Å²) in [4.78, 5) is 28.1. The van der Waals surface area contributed by atoms with Crippen molar-refractivity contribution in [3.63, 3.8) is 0 Å². The number of methoxy groups -OCH3 is 1. The van der Waals surface area contributed by atoms with E-state index in [1.165, 1.54) is 0 Å². The number of carbonyl (C=O) groups excluding carboxylic acids is 1. The molecule has 1 aliphatic heterocycles. The molecule has 3 fully saturated rings. The van der Waals surface area contributed by atoms with E-state index >= 15 is 0 Å². The van der Waals surface area contributed by atoms with Crippen LogP contribution in [0.1, 0.15) is 79.5 Å². The number of carboxylic acids is 1. The van der Waals surface area contributed by atoms with Gasteiger partial charge in [-0.1, -0.05) is 41.4 Å². The predicted molar refractivity (Wildman–Crippen MR) is 207 cm³/mol. The van der Waals surface area contributed by atoms with E-state index in [2.05, 4.69) is 40.5 Å². The van der Waals surface area contributed by atoms with E-state index in [0.717, 1.165) is 85.2 Å². The first-order chi connectivity index (χ1) is 25.7. The van der Waals surface area contributed by atoms with Gasteiger partial charge in [-0.2, -0.15) is 0 Å². The van der Waals surface area contributed by atoms with Crippen LogP contribution in [0.15, 0.2) is 54.6 Å². The largest absolute Gasteiger partial charge is 0.490 e. The normalized spacial score (nSPS) is 21.5. The minimum atomic E-state index is -0.717. The van der Waals surface area contributed by atoms with Crippen LogP contribution in [-0.4, -0.2) is 74.0 Å². The quantitative estimate of drug-likeness (QED) is 0.132. The maximum absolute atomic E-state index is 14.5. The molecule has 11 heteroatoms. The topological polar surface area (TPSA) is 107 Å². The number of nitrogens with zero attached hydrogens (tertiary/aromatic N) is 1. The highest BCUT2D eigenvalue weighted by Gasteiger charge is 2.40. The fourth-order valence-electron chi connectivity index (χ4n) is 7.71. The van der Waals surface area contributed by atoms with Gasteiger partial charge < -0.3 is 34.3 Å². The highest BCUT2D eigenvalue weighted by molar-refractivity contribution is 6.37. The molecule has 1 heterocycles. The first kappa shape index (κ1) is 39.2. The number of amides is 1.